The van der Waals surface area contributed by atoms with Crippen LogP contribution in [-0.4, -0.2) is 36.0 Å². The van der Waals surface area contributed by atoms with Gasteiger partial charge >= 0.3 is 0 Å². The highest BCUT2D eigenvalue weighted by Gasteiger charge is 2.36. The van der Waals surface area contributed by atoms with Gasteiger partial charge in [0.15, 0.2) is 0 Å². The first-order chi connectivity index (χ1) is 9.25. The van der Waals surface area contributed by atoms with Gasteiger partial charge in [-0.25, -0.2) is 0 Å². The number of rotatable bonds is 2. The Morgan fingerprint density at radius 1 is 1.21 bits per heavy atom. The predicted molar refractivity (Wildman–Crippen MR) is 79.2 cm³/mol. The lowest BCUT2D eigenvalue weighted by atomic mass is 9.99. The van der Waals surface area contributed by atoms with Gasteiger partial charge in [0.1, 0.15) is 0 Å². The molecule has 3 nitrogen and oxygen atoms in total. The summed E-state index contributed by atoms with van der Waals surface area (Å²) in [6, 6.07) is 8.49. The van der Waals surface area contributed by atoms with Crippen LogP contribution in [0.15, 0.2) is 28.7 Å². The first kappa shape index (κ1) is 13.1. The summed E-state index contributed by atoms with van der Waals surface area (Å²) in [6.45, 7) is 2.33. The molecule has 4 heteroatoms. The summed E-state index contributed by atoms with van der Waals surface area (Å²) in [5, 5.41) is 3.22. The second-order valence-electron chi connectivity index (χ2n) is 5.45. The molecule has 0 aliphatic carbocycles. The quantitative estimate of drug-likeness (QED) is 0.908. The Kier molecular flexibility index (Phi) is 3.89. The van der Waals surface area contributed by atoms with E-state index >= 15 is 0 Å². The maximum absolute atomic E-state index is 12.3. The lowest BCUT2D eigenvalue weighted by Crippen LogP contribution is -2.46. The molecule has 2 atom stereocenters. The van der Waals surface area contributed by atoms with Gasteiger partial charge in [0.05, 0.1) is 5.56 Å². The third kappa shape index (κ3) is 2.70. The predicted octanol–water partition coefficient (Wildman–Crippen LogP) is 2.81. The van der Waals surface area contributed by atoms with Gasteiger partial charge in [-0.1, -0.05) is 18.6 Å². The topological polar surface area (TPSA) is 32.3 Å². The molecule has 3 rings (SSSR count). The van der Waals surface area contributed by atoms with E-state index in [1.807, 2.05) is 24.3 Å². The van der Waals surface area contributed by atoms with E-state index in [9.17, 15) is 4.79 Å². The van der Waals surface area contributed by atoms with Crippen LogP contribution in [0.1, 0.15) is 36.0 Å². The molecule has 0 saturated carbocycles. The Balaban J connectivity index is 1.68. The van der Waals surface area contributed by atoms with Gasteiger partial charge in [-0.15, -0.1) is 0 Å². The van der Waals surface area contributed by atoms with Crippen LogP contribution in [0.2, 0.25) is 0 Å². The minimum Gasteiger partial charge on any atom is -0.348 e. The summed E-state index contributed by atoms with van der Waals surface area (Å²) in [5.74, 6) is 0.0462. The number of piperidine rings is 1. The normalized spacial score (nSPS) is 27.0. The first-order valence-electron chi connectivity index (χ1n) is 7.05. The van der Waals surface area contributed by atoms with E-state index in [1.165, 1.54) is 25.8 Å². The molecule has 0 spiro atoms. The van der Waals surface area contributed by atoms with Gasteiger partial charge in [0, 0.05) is 23.1 Å². The van der Waals surface area contributed by atoms with Crippen molar-refractivity contribution >= 4 is 21.8 Å². The Hall–Kier alpha value is -0.870. The van der Waals surface area contributed by atoms with Gasteiger partial charge < -0.3 is 5.32 Å². The number of fused-ring (bicyclic) bond motifs is 1. The molecule has 1 amide bonds. The highest BCUT2D eigenvalue weighted by molar-refractivity contribution is 9.10. The average molecular weight is 323 g/mol. The van der Waals surface area contributed by atoms with E-state index in [4.69, 9.17) is 0 Å². The molecule has 0 aromatic heterocycles. The van der Waals surface area contributed by atoms with E-state index < -0.39 is 0 Å². The van der Waals surface area contributed by atoms with Crippen LogP contribution in [0.5, 0.6) is 0 Å². The number of amides is 1. The molecule has 0 unspecified atom stereocenters. The van der Waals surface area contributed by atoms with Gasteiger partial charge in [-0.05, 0) is 53.9 Å². The molecule has 0 radical (unpaired) electrons. The van der Waals surface area contributed by atoms with Crippen molar-refractivity contribution in [2.75, 3.05) is 13.1 Å². The average Bonchev–Trinajstić information content (AvgIpc) is 2.83. The number of halogens is 1. The Bertz CT molecular complexity index is 477. The maximum Gasteiger partial charge on any atom is 0.252 e. The molecule has 19 heavy (non-hydrogen) atoms. The van der Waals surface area contributed by atoms with Gasteiger partial charge in [0.2, 0.25) is 0 Å². The van der Waals surface area contributed by atoms with Crippen molar-refractivity contribution in [1.29, 1.82) is 0 Å². The fraction of sp³-hybridized carbons (Fsp3) is 0.533. The number of nitrogens with zero attached hydrogens (tertiary/aromatic N) is 1. The monoisotopic (exact) mass is 322 g/mol. The van der Waals surface area contributed by atoms with Gasteiger partial charge in [0.25, 0.3) is 5.91 Å². The van der Waals surface area contributed by atoms with E-state index in [0.29, 0.717) is 12.1 Å². The van der Waals surface area contributed by atoms with E-state index in [1.54, 1.807) is 0 Å². The maximum atomic E-state index is 12.3. The van der Waals surface area contributed by atoms with Crippen molar-refractivity contribution in [3.05, 3.63) is 34.3 Å². The molecule has 0 bridgehead atoms. The van der Waals surface area contributed by atoms with Crippen molar-refractivity contribution in [3.63, 3.8) is 0 Å². The molecular weight excluding hydrogens is 304 g/mol. The zero-order chi connectivity index (χ0) is 13.2. The van der Waals surface area contributed by atoms with E-state index in [0.717, 1.165) is 23.0 Å². The Labute approximate surface area is 122 Å². The van der Waals surface area contributed by atoms with Crippen LogP contribution in [-0.2, 0) is 0 Å². The summed E-state index contributed by atoms with van der Waals surface area (Å²) >= 11 is 3.44. The minimum atomic E-state index is 0.0462. The summed E-state index contributed by atoms with van der Waals surface area (Å²) in [6.07, 6.45) is 4.91. The molecule has 2 aliphatic heterocycles. The van der Waals surface area contributed by atoms with Crippen molar-refractivity contribution in [2.45, 2.75) is 37.8 Å². The van der Waals surface area contributed by atoms with Crippen LogP contribution in [0.25, 0.3) is 0 Å². The lowest BCUT2D eigenvalue weighted by molar-refractivity contribution is 0.0914. The number of hydrogen-bond donors (Lipinski definition) is 1. The number of carbonyl (C=O) groups is 1. The molecule has 2 saturated heterocycles. The highest BCUT2D eigenvalue weighted by Crippen LogP contribution is 2.27. The van der Waals surface area contributed by atoms with Crippen LogP contribution in [0.4, 0.5) is 0 Å². The minimum absolute atomic E-state index is 0.0462. The summed E-state index contributed by atoms with van der Waals surface area (Å²) in [4.78, 5) is 14.9. The third-order valence-corrected chi connectivity index (χ3v) is 4.98. The Morgan fingerprint density at radius 2 is 2.05 bits per heavy atom. The van der Waals surface area contributed by atoms with Gasteiger partial charge in [-0.3, -0.25) is 9.69 Å². The molecule has 102 valence electrons. The third-order valence-electron chi connectivity index (χ3n) is 4.29. The van der Waals surface area contributed by atoms with Crippen molar-refractivity contribution in [3.8, 4) is 0 Å². The van der Waals surface area contributed by atoms with Gasteiger partial charge in [-0.2, -0.15) is 0 Å². The van der Waals surface area contributed by atoms with Crippen LogP contribution in [0, 0.1) is 0 Å². The largest absolute Gasteiger partial charge is 0.348 e. The zero-order valence-corrected chi connectivity index (χ0v) is 12.5. The van der Waals surface area contributed by atoms with Crippen LogP contribution < -0.4 is 5.32 Å². The van der Waals surface area contributed by atoms with Crippen molar-refractivity contribution in [1.82, 2.24) is 10.2 Å². The van der Waals surface area contributed by atoms with E-state index in [-0.39, 0.29) is 5.91 Å². The fourth-order valence-electron chi connectivity index (χ4n) is 3.31. The first-order valence-corrected chi connectivity index (χ1v) is 7.84. The molecular formula is C15H19BrN2O. The summed E-state index contributed by atoms with van der Waals surface area (Å²) in [5.41, 5.74) is 0.733. The molecule has 1 aromatic carbocycles. The number of carbonyl (C=O) groups excluding carboxylic acids is 1. The lowest BCUT2D eigenvalue weighted by Gasteiger charge is -2.32. The standard InChI is InChI=1S/C15H19BrN2O/c16-12-6-2-1-5-11(12)15(19)17-13-8-10-18-9-4-3-7-14(13)18/h1-2,5-6,13-14H,3-4,7-10H2,(H,17,19)/t13-,14+/m0/s1. The van der Waals surface area contributed by atoms with Crippen LogP contribution in [0.3, 0.4) is 0 Å². The SMILES string of the molecule is O=C(N[C@H]1CCN2CCCC[C@H]12)c1ccccc1Br. The zero-order valence-electron chi connectivity index (χ0n) is 10.9. The molecule has 2 heterocycles. The number of benzene rings is 1. The second kappa shape index (κ2) is 5.63. The summed E-state index contributed by atoms with van der Waals surface area (Å²) < 4.78 is 0.867. The fourth-order valence-corrected chi connectivity index (χ4v) is 3.77. The highest BCUT2D eigenvalue weighted by atomic mass is 79.9. The second-order valence-corrected chi connectivity index (χ2v) is 6.30. The number of hydrogen-bond acceptors (Lipinski definition) is 2. The molecule has 1 aromatic rings. The van der Waals surface area contributed by atoms with Crippen molar-refractivity contribution in [2.24, 2.45) is 0 Å². The smallest absolute Gasteiger partial charge is 0.252 e. The van der Waals surface area contributed by atoms with Crippen molar-refractivity contribution < 1.29 is 4.79 Å². The summed E-state index contributed by atoms with van der Waals surface area (Å²) in [7, 11) is 0. The van der Waals surface area contributed by atoms with Crippen LogP contribution >= 0.6 is 15.9 Å². The molecule has 1 N–H and O–H groups in total. The molecule has 2 fully saturated rings. The Morgan fingerprint density at radius 3 is 2.89 bits per heavy atom. The van der Waals surface area contributed by atoms with E-state index in [2.05, 4.69) is 26.1 Å². The number of nitrogens with one attached hydrogen (secondary N) is 1. The molecule has 2 aliphatic rings.